The highest BCUT2D eigenvalue weighted by atomic mass is 19.3. The fourth-order valence-corrected chi connectivity index (χ4v) is 3.47. The number of fused-ring (bicyclic) bond motifs is 1. The summed E-state index contributed by atoms with van der Waals surface area (Å²) in [5.74, 6) is 1.17. The molecule has 6 nitrogen and oxygen atoms in total. The molecule has 4 rings (SSSR count). The van der Waals surface area contributed by atoms with Crippen molar-refractivity contribution in [3.05, 3.63) is 48.4 Å². The average Bonchev–Trinajstić information content (AvgIpc) is 3.05. The Morgan fingerprint density at radius 1 is 1.04 bits per heavy atom. The summed E-state index contributed by atoms with van der Waals surface area (Å²) in [6.07, 6.45) is 3.62. The third-order valence-electron chi connectivity index (χ3n) is 4.87. The molecule has 3 heterocycles. The number of alkyl halides is 2. The van der Waals surface area contributed by atoms with Crippen LogP contribution in [0.1, 0.15) is 5.56 Å². The summed E-state index contributed by atoms with van der Waals surface area (Å²) in [7, 11) is 1.98. The van der Waals surface area contributed by atoms with Crippen molar-refractivity contribution >= 4 is 16.9 Å². The van der Waals surface area contributed by atoms with Gasteiger partial charge in [-0.25, -0.2) is 9.97 Å². The van der Waals surface area contributed by atoms with Crippen molar-refractivity contribution in [2.75, 3.05) is 31.1 Å². The van der Waals surface area contributed by atoms with E-state index in [1.165, 1.54) is 0 Å². The van der Waals surface area contributed by atoms with Gasteiger partial charge in [-0.05, 0) is 23.8 Å². The zero-order valence-electron chi connectivity index (χ0n) is 15.1. The summed E-state index contributed by atoms with van der Waals surface area (Å²) in [5, 5.41) is 1.07. The minimum atomic E-state index is -2.79. The number of hydrogen-bond acceptors (Lipinski definition) is 5. The van der Waals surface area contributed by atoms with Crippen LogP contribution in [0.4, 0.5) is 14.6 Å². The van der Waals surface area contributed by atoms with E-state index in [0.29, 0.717) is 0 Å². The molecule has 0 aliphatic carbocycles. The Bertz CT molecular complexity index is 904. The molecule has 0 amide bonds. The number of piperazine rings is 1. The van der Waals surface area contributed by atoms with Crippen LogP contribution in [0.2, 0.25) is 0 Å². The molecule has 0 saturated carbocycles. The molecule has 1 fully saturated rings. The standard InChI is InChI=1S/C19H21F2N5O/c1-24-7-6-16-17(24)22-13-23-18(16)26-10-8-25(9-11-26)12-14-2-4-15(5-3-14)27-19(20)21/h2-7,13,19H,8-12H2,1H3. The lowest BCUT2D eigenvalue weighted by Gasteiger charge is -2.35. The third-order valence-corrected chi connectivity index (χ3v) is 4.87. The molecule has 3 aromatic rings. The molecule has 2 aromatic heterocycles. The first kappa shape index (κ1) is 17.7. The SMILES string of the molecule is Cn1ccc2c(N3CCN(Cc4ccc(OC(F)F)cc4)CC3)ncnc21. The molecule has 0 N–H and O–H groups in total. The quantitative estimate of drug-likeness (QED) is 0.688. The second-order valence-electron chi connectivity index (χ2n) is 6.65. The molecule has 0 bridgehead atoms. The topological polar surface area (TPSA) is 46.4 Å². The number of benzene rings is 1. The second-order valence-corrected chi connectivity index (χ2v) is 6.65. The first-order valence-corrected chi connectivity index (χ1v) is 8.87. The Labute approximate surface area is 156 Å². The highest BCUT2D eigenvalue weighted by molar-refractivity contribution is 5.87. The van der Waals surface area contributed by atoms with E-state index in [1.54, 1.807) is 18.5 Å². The van der Waals surface area contributed by atoms with Crippen molar-refractivity contribution in [3.63, 3.8) is 0 Å². The van der Waals surface area contributed by atoms with Crippen LogP contribution in [-0.4, -0.2) is 52.2 Å². The highest BCUT2D eigenvalue weighted by Crippen LogP contribution is 2.24. The maximum Gasteiger partial charge on any atom is 0.387 e. The molecule has 8 heteroatoms. The predicted molar refractivity (Wildman–Crippen MR) is 99.1 cm³/mol. The minimum Gasteiger partial charge on any atom is -0.435 e. The lowest BCUT2D eigenvalue weighted by molar-refractivity contribution is -0.0498. The number of ether oxygens (including phenoxy) is 1. The van der Waals surface area contributed by atoms with E-state index in [2.05, 4.69) is 30.6 Å². The lowest BCUT2D eigenvalue weighted by atomic mass is 10.2. The van der Waals surface area contributed by atoms with E-state index < -0.39 is 6.61 Å². The van der Waals surface area contributed by atoms with Gasteiger partial charge in [0.2, 0.25) is 0 Å². The van der Waals surface area contributed by atoms with Crippen molar-refractivity contribution in [3.8, 4) is 5.75 Å². The summed E-state index contributed by atoms with van der Waals surface area (Å²) in [4.78, 5) is 13.5. The molecular weight excluding hydrogens is 352 g/mol. The van der Waals surface area contributed by atoms with E-state index in [4.69, 9.17) is 0 Å². The second kappa shape index (κ2) is 7.48. The average molecular weight is 373 g/mol. The molecule has 0 radical (unpaired) electrons. The Balaban J connectivity index is 1.37. The van der Waals surface area contributed by atoms with Crippen LogP contribution in [0.3, 0.4) is 0 Å². The van der Waals surface area contributed by atoms with Gasteiger partial charge in [0.1, 0.15) is 23.5 Å². The van der Waals surface area contributed by atoms with E-state index in [9.17, 15) is 8.78 Å². The number of aromatic nitrogens is 3. The Hall–Kier alpha value is -2.74. The molecule has 1 aromatic carbocycles. The summed E-state index contributed by atoms with van der Waals surface area (Å²) in [6.45, 7) is 1.58. The van der Waals surface area contributed by atoms with Gasteiger partial charge in [0.05, 0.1) is 5.39 Å². The van der Waals surface area contributed by atoms with Gasteiger partial charge in [-0.15, -0.1) is 0 Å². The number of aryl methyl sites for hydroxylation is 1. The van der Waals surface area contributed by atoms with Gasteiger partial charge in [-0.2, -0.15) is 8.78 Å². The van der Waals surface area contributed by atoms with Crippen molar-refractivity contribution in [2.24, 2.45) is 7.05 Å². The van der Waals surface area contributed by atoms with Crippen molar-refractivity contribution in [2.45, 2.75) is 13.2 Å². The Kier molecular flexibility index (Phi) is 4.89. The summed E-state index contributed by atoms with van der Waals surface area (Å²) < 4.78 is 30.8. The predicted octanol–water partition coefficient (Wildman–Crippen LogP) is 2.89. The van der Waals surface area contributed by atoms with Gasteiger partial charge < -0.3 is 14.2 Å². The van der Waals surface area contributed by atoms with Gasteiger partial charge in [-0.1, -0.05) is 12.1 Å². The molecule has 1 saturated heterocycles. The van der Waals surface area contributed by atoms with E-state index in [0.717, 1.165) is 55.1 Å². The minimum absolute atomic E-state index is 0.189. The number of hydrogen-bond donors (Lipinski definition) is 0. The first-order chi connectivity index (χ1) is 13.1. The number of anilines is 1. The fourth-order valence-electron chi connectivity index (χ4n) is 3.47. The molecule has 1 aliphatic rings. The summed E-state index contributed by atoms with van der Waals surface area (Å²) in [6, 6.07) is 8.90. The molecule has 142 valence electrons. The van der Waals surface area contributed by atoms with Gasteiger partial charge in [0.25, 0.3) is 0 Å². The van der Waals surface area contributed by atoms with Gasteiger partial charge in [-0.3, -0.25) is 4.90 Å². The number of halogens is 2. The smallest absolute Gasteiger partial charge is 0.387 e. The zero-order valence-corrected chi connectivity index (χ0v) is 15.1. The molecule has 0 unspecified atom stereocenters. The van der Waals surface area contributed by atoms with Gasteiger partial charge in [0.15, 0.2) is 0 Å². The van der Waals surface area contributed by atoms with Crippen molar-refractivity contribution < 1.29 is 13.5 Å². The van der Waals surface area contributed by atoms with E-state index >= 15 is 0 Å². The van der Waals surface area contributed by atoms with Gasteiger partial charge in [0, 0.05) is 46.0 Å². The molecular formula is C19H21F2N5O. The van der Waals surface area contributed by atoms with E-state index in [1.807, 2.05) is 29.9 Å². The Morgan fingerprint density at radius 2 is 1.78 bits per heavy atom. The molecule has 27 heavy (non-hydrogen) atoms. The normalized spacial score (nSPS) is 15.6. The van der Waals surface area contributed by atoms with Crippen molar-refractivity contribution in [1.29, 1.82) is 0 Å². The summed E-state index contributed by atoms with van der Waals surface area (Å²) in [5.41, 5.74) is 2.02. The van der Waals surface area contributed by atoms with E-state index in [-0.39, 0.29) is 5.75 Å². The summed E-state index contributed by atoms with van der Waals surface area (Å²) >= 11 is 0. The largest absolute Gasteiger partial charge is 0.435 e. The van der Waals surface area contributed by atoms with Crippen LogP contribution in [0, 0.1) is 0 Å². The molecule has 1 aliphatic heterocycles. The monoisotopic (exact) mass is 373 g/mol. The number of rotatable bonds is 5. The maximum atomic E-state index is 12.2. The Morgan fingerprint density at radius 3 is 2.48 bits per heavy atom. The zero-order chi connectivity index (χ0) is 18.8. The van der Waals surface area contributed by atoms with Crippen molar-refractivity contribution in [1.82, 2.24) is 19.4 Å². The fraction of sp³-hybridized carbons (Fsp3) is 0.368. The van der Waals surface area contributed by atoms with Crippen LogP contribution >= 0.6 is 0 Å². The third kappa shape index (κ3) is 3.85. The molecule has 0 spiro atoms. The van der Waals surface area contributed by atoms with Crippen LogP contribution in [-0.2, 0) is 13.6 Å². The maximum absolute atomic E-state index is 12.2. The highest BCUT2D eigenvalue weighted by Gasteiger charge is 2.20. The van der Waals surface area contributed by atoms with Gasteiger partial charge >= 0.3 is 6.61 Å². The lowest BCUT2D eigenvalue weighted by Crippen LogP contribution is -2.46. The van der Waals surface area contributed by atoms with Crippen LogP contribution in [0.25, 0.3) is 11.0 Å². The molecule has 0 atom stereocenters. The van der Waals surface area contributed by atoms with Crippen LogP contribution in [0.15, 0.2) is 42.9 Å². The van der Waals surface area contributed by atoms with Crippen LogP contribution in [0.5, 0.6) is 5.75 Å². The number of nitrogens with zero attached hydrogens (tertiary/aromatic N) is 5. The van der Waals surface area contributed by atoms with Crippen LogP contribution < -0.4 is 9.64 Å². The first-order valence-electron chi connectivity index (χ1n) is 8.87.